The predicted octanol–water partition coefficient (Wildman–Crippen LogP) is 2.26. The Morgan fingerprint density at radius 3 is 2.77 bits per heavy atom. The molecule has 0 spiro atoms. The number of nitriles is 1. The number of nitrogens with one attached hydrogen (secondary N) is 1. The van der Waals surface area contributed by atoms with Gasteiger partial charge in [0.2, 0.25) is 0 Å². The van der Waals surface area contributed by atoms with Crippen LogP contribution in [0.2, 0.25) is 0 Å². The summed E-state index contributed by atoms with van der Waals surface area (Å²) in [5, 5.41) is 17.6. The molecule has 7 heteroatoms. The van der Waals surface area contributed by atoms with Gasteiger partial charge >= 0.3 is 0 Å². The van der Waals surface area contributed by atoms with Gasteiger partial charge in [0, 0.05) is 44.7 Å². The molecule has 0 amide bonds. The van der Waals surface area contributed by atoms with Crippen molar-refractivity contribution in [2.75, 3.05) is 26.2 Å². The molecule has 0 aliphatic carbocycles. The number of nitrogens with two attached hydrogens (primary N) is 1. The molecule has 2 heterocycles. The fourth-order valence-electron chi connectivity index (χ4n) is 2.94. The molecule has 2 aromatic rings. The molecule has 0 radical (unpaired) electrons. The largest absolute Gasteiger partial charge is 0.370 e. The van der Waals surface area contributed by atoms with Gasteiger partial charge in [-0.1, -0.05) is 18.2 Å². The Balaban J connectivity index is 1.61. The molecule has 1 aliphatic rings. The Morgan fingerprint density at radius 1 is 1.23 bits per heavy atom. The van der Waals surface area contributed by atoms with Crippen molar-refractivity contribution in [2.45, 2.75) is 17.3 Å². The van der Waals surface area contributed by atoms with Crippen LogP contribution in [-0.4, -0.2) is 46.9 Å². The van der Waals surface area contributed by atoms with E-state index in [1.807, 2.05) is 41.4 Å². The molecular weight excluding hydrogens is 344 g/mol. The second kappa shape index (κ2) is 8.70. The Bertz CT molecular complexity index is 808. The number of piperazine rings is 1. The van der Waals surface area contributed by atoms with Gasteiger partial charge in [0.05, 0.1) is 11.6 Å². The summed E-state index contributed by atoms with van der Waals surface area (Å²) in [4.78, 5) is 8.82. The van der Waals surface area contributed by atoms with E-state index >= 15 is 0 Å². The van der Waals surface area contributed by atoms with Crippen molar-refractivity contribution < 1.29 is 0 Å². The highest BCUT2D eigenvalue weighted by Crippen LogP contribution is 2.25. The third kappa shape index (κ3) is 4.75. The van der Waals surface area contributed by atoms with Crippen molar-refractivity contribution in [3.8, 4) is 6.07 Å². The summed E-state index contributed by atoms with van der Waals surface area (Å²) >= 11 is 1.70. The minimum Gasteiger partial charge on any atom is -0.370 e. The number of hydrogen-bond acceptors (Lipinski definition) is 5. The quantitative estimate of drug-likeness (QED) is 0.479. The maximum absolute atomic E-state index is 9.03. The van der Waals surface area contributed by atoms with Crippen LogP contribution in [-0.2, 0) is 12.3 Å². The lowest BCUT2D eigenvalue weighted by Gasteiger charge is -2.35. The molecular formula is C19H22N6S. The van der Waals surface area contributed by atoms with Gasteiger partial charge in [-0.3, -0.25) is 10.3 Å². The van der Waals surface area contributed by atoms with Crippen LogP contribution in [0, 0.1) is 16.7 Å². The van der Waals surface area contributed by atoms with Gasteiger partial charge in [0.15, 0.2) is 5.96 Å². The van der Waals surface area contributed by atoms with E-state index in [0.717, 1.165) is 49.1 Å². The number of aromatic nitrogens is 1. The van der Waals surface area contributed by atoms with Crippen molar-refractivity contribution in [1.29, 1.82) is 10.7 Å². The summed E-state index contributed by atoms with van der Waals surface area (Å²) in [6.07, 6.45) is 1.82. The zero-order valence-electron chi connectivity index (χ0n) is 14.6. The van der Waals surface area contributed by atoms with Gasteiger partial charge < -0.3 is 10.6 Å². The monoisotopic (exact) mass is 366 g/mol. The normalized spacial score (nSPS) is 14.8. The first kappa shape index (κ1) is 18.2. The van der Waals surface area contributed by atoms with Crippen LogP contribution in [0.5, 0.6) is 0 Å². The van der Waals surface area contributed by atoms with Crippen LogP contribution in [0.25, 0.3) is 0 Å². The van der Waals surface area contributed by atoms with Crippen LogP contribution in [0.15, 0.2) is 47.6 Å². The molecule has 0 bridgehead atoms. The number of benzene rings is 1. The highest BCUT2D eigenvalue weighted by molar-refractivity contribution is 7.98. The molecule has 6 nitrogen and oxygen atoms in total. The minimum absolute atomic E-state index is 0.155. The van der Waals surface area contributed by atoms with E-state index in [2.05, 4.69) is 22.0 Å². The number of hydrogen-bond donors (Lipinski definition) is 2. The number of rotatable bonds is 5. The number of nitrogens with zero attached hydrogens (tertiary/aromatic N) is 4. The molecule has 134 valence electrons. The lowest BCUT2D eigenvalue weighted by Crippen LogP contribution is -2.50. The standard InChI is InChI=1S/C19H22N6S/c20-12-15-3-1-4-16(11-15)14-26-18-17(5-2-6-23-18)13-24-7-9-25(10-8-24)19(21)22/h1-6,11H,7-10,13-14H2,(H3,21,22). The fraction of sp³-hybridized carbons (Fsp3) is 0.316. The van der Waals surface area contributed by atoms with E-state index in [1.54, 1.807) is 11.8 Å². The SMILES string of the molecule is N#Cc1cccc(CSc2ncccc2CN2CCN(C(=N)N)CC2)c1. The maximum atomic E-state index is 9.03. The smallest absolute Gasteiger partial charge is 0.188 e. The Hall–Kier alpha value is -2.56. The average molecular weight is 366 g/mol. The second-order valence-corrected chi connectivity index (χ2v) is 7.18. The number of pyridine rings is 1. The Kier molecular flexibility index (Phi) is 6.10. The van der Waals surface area contributed by atoms with E-state index in [1.165, 1.54) is 5.56 Å². The first-order valence-corrected chi connectivity index (χ1v) is 9.51. The summed E-state index contributed by atoms with van der Waals surface area (Å²) in [6, 6.07) is 14.0. The van der Waals surface area contributed by atoms with Crippen LogP contribution in [0.1, 0.15) is 16.7 Å². The topological polar surface area (TPSA) is 93.0 Å². The highest BCUT2D eigenvalue weighted by atomic mass is 32.2. The zero-order valence-corrected chi connectivity index (χ0v) is 15.4. The summed E-state index contributed by atoms with van der Waals surface area (Å²) in [5.41, 5.74) is 8.59. The van der Waals surface area contributed by atoms with Gasteiger partial charge in [0.25, 0.3) is 0 Å². The molecule has 0 atom stereocenters. The maximum Gasteiger partial charge on any atom is 0.188 e. The molecule has 1 aromatic heterocycles. The van der Waals surface area contributed by atoms with Gasteiger partial charge in [-0.2, -0.15) is 5.26 Å². The molecule has 1 aromatic carbocycles. The van der Waals surface area contributed by atoms with Gasteiger partial charge in [0.1, 0.15) is 5.03 Å². The second-order valence-electron chi connectivity index (χ2n) is 6.22. The van der Waals surface area contributed by atoms with E-state index in [4.69, 9.17) is 16.4 Å². The van der Waals surface area contributed by atoms with Crippen LogP contribution in [0.3, 0.4) is 0 Å². The number of thioether (sulfide) groups is 1. The van der Waals surface area contributed by atoms with Crippen molar-refractivity contribution >= 4 is 17.7 Å². The van der Waals surface area contributed by atoms with E-state index in [-0.39, 0.29) is 5.96 Å². The molecule has 26 heavy (non-hydrogen) atoms. The fourth-order valence-corrected chi connectivity index (χ4v) is 3.88. The third-order valence-electron chi connectivity index (χ3n) is 4.39. The summed E-state index contributed by atoms with van der Waals surface area (Å²) in [5.74, 6) is 0.944. The minimum atomic E-state index is 0.155. The lowest BCUT2D eigenvalue weighted by atomic mass is 10.2. The molecule has 3 N–H and O–H groups in total. The summed E-state index contributed by atoms with van der Waals surface area (Å²) in [6.45, 7) is 4.21. The van der Waals surface area contributed by atoms with Crippen molar-refractivity contribution in [3.05, 3.63) is 59.3 Å². The highest BCUT2D eigenvalue weighted by Gasteiger charge is 2.18. The Labute approximate surface area is 158 Å². The van der Waals surface area contributed by atoms with Crippen LogP contribution >= 0.6 is 11.8 Å². The Morgan fingerprint density at radius 2 is 2.04 bits per heavy atom. The molecule has 1 saturated heterocycles. The van der Waals surface area contributed by atoms with E-state index < -0.39 is 0 Å². The molecule has 0 saturated carbocycles. The van der Waals surface area contributed by atoms with E-state index in [9.17, 15) is 0 Å². The van der Waals surface area contributed by atoms with Gasteiger partial charge in [-0.05, 0) is 29.3 Å². The van der Waals surface area contributed by atoms with E-state index in [0.29, 0.717) is 5.56 Å². The summed E-state index contributed by atoms with van der Waals surface area (Å²) < 4.78 is 0. The van der Waals surface area contributed by atoms with Gasteiger partial charge in [-0.15, -0.1) is 11.8 Å². The van der Waals surface area contributed by atoms with Crippen molar-refractivity contribution in [2.24, 2.45) is 5.73 Å². The lowest BCUT2D eigenvalue weighted by molar-refractivity contribution is 0.172. The first-order valence-electron chi connectivity index (χ1n) is 8.53. The average Bonchev–Trinajstić information content (AvgIpc) is 2.68. The van der Waals surface area contributed by atoms with Crippen molar-refractivity contribution in [3.63, 3.8) is 0 Å². The van der Waals surface area contributed by atoms with Gasteiger partial charge in [-0.25, -0.2) is 4.98 Å². The van der Waals surface area contributed by atoms with Crippen LogP contribution in [0.4, 0.5) is 0 Å². The molecule has 3 rings (SSSR count). The number of guanidine groups is 1. The summed E-state index contributed by atoms with van der Waals surface area (Å²) in [7, 11) is 0. The predicted molar refractivity (Wildman–Crippen MR) is 104 cm³/mol. The molecule has 1 aliphatic heterocycles. The van der Waals surface area contributed by atoms with Crippen molar-refractivity contribution in [1.82, 2.24) is 14.8 Å². The molecule has 1 fully saturated rings. The first-order chi connectivity index (χ1) is 12.7. The molecule has 0 unspecified atom stereocenters. The van der Waals surface area contributed by atoms with Crippen LogP contribution < -0.4 is 5.73 Å². The third-order valence-corrected chi connectivity index (χ3v) is 5.51. The zero-order chi connectivity index (χ0) is 18.4.